The summed E-state index contributed by atoms with van der Waals surface area (Å²) in [6, 6.07) is 4.84. The molecular formula is C15H16ClNO3. The minimum Gasteiger partial charge on any atom is -0.456 e. The Hall–Kier alpha value is -1.81. The van der Waals surface area contributed by atoms with E-state index in [1.807, 2.05) is 0 Å². The van der Waals surface area contributed by atoms with Gasteiger partial charge in [0, 0.05) is 22.7 Å². The summed E-state index contributed by atoms with van der Waals surface area (Å²) < 4.78 is 5.38. The molecule has 0 saturated carbocycles. The first-order valence-electron chi connectivity index (χ1n) is 6.29. The van der Waals surface area contributed by atoms with Gasteiger partial charge in [-0.15, -0.1) is 0 Å². The monoisotopic (exact) mass is 293 g/mol. The summed E-state index contributed by atoms with van der Waals surface area (Å²) in [5.41, 5.74) is 0.682. The van der Waals surface area contributed by atoms with Crippen molar-refractivity contribution in [1.82, 2.24) is 5.32 Å². The molecule has 0 saturated heterocycles. The standard InChI is InChI=1S/C15H16ClNO3/c1-15(2,3)20-14(19)11-6-7-17-13(18)10-5-4-9(16)8-12(10)11/h4-6,8H,7H2,1-3H3,(H,17,18). The molecule has 0 atom stereocenters. The molecule has 0 aliphatic carbocycles. The van der Waals surface area contributed by atoms with E-state index in [-0.39, 0.29) is 12.5 Å². The van der Waals surface area contributed by atoms with Crippen LogP contribution in [0.4, 0.5) is 0 Å². The van der Waals surface area contributed by atoms with Crippen LogP contribution in [-0.4, -0.2) is 24.0 Å². The molecule has 2 rings (SSSR count). The number of carbonyl (C=O) groups is 2. The molecule has 0 spiro atoms. The Labute approximate surface area is 122 Å². The average molecular weight is 294 g/mol. The number of amides is 1. The average Bonchev–Trinajstić information content (AvgIpc) is 2.46. The third kappa shape index (κ3) is 3.20. The molecule has 1 heterocycles. The first-order valence-corrected chi connectivity index (χ1v) is 6.67. The lowest BCUT2D eigenvalue weighted by Gasteiger charge is -2.21. The van der Waals surface area contributed by atoms with E-state index in [0.29, 0.717) is 21.7 Å². The normalized spacial score (nSPS) is 14.8. The number of rotatable bonds is 1. The predicted molar refractivity (Wildman–Crippen MR) is 77.6 cm³/mol. The Morgan fingerprint density at radius 2 is 2.00 bits per heavy atom. The maximum absolute atomic E-state index is 12.3. The van der Waals surface area contributed by atoms with E-state index in [1.54, 1.807) is 45.0 Å². The zero-order valence-corrected chi connectivity index (χ0v) is 12.4. The second kappa shape index (κ2) is 5.29. The Morgan fingerprint density at radius 3 is 2.65 bits per heavy atom. The molecule has 1 amide bonds. The largest absolute Gasteiger partial charge is 0.456 e. The van der Waals surface area contributed by atoms with Gasteiger partial charge in [-0.25, -0.2) is 4.79 Å². The van der Waals surface area contributed by atoms with Gasteiger partial charge in [-0.05, 0) is 39.0 Å². The van der Waals surface area contributed by atoms with Gasteiger partial charge in [-0.3, -0.25) is 4.79 Å². The number of fused-ring (bicyclic) bond motifs is 1. The Balaban J connectivity index is 2.46. The number of benzene rings is 1. The lowest BCUT2D eigenvalue weighted by Crippen LogP contribution is -2.24. The highest BCUT2D eigenvalue weighted by Gasteiger charge is 2.26. The Bertz CT molecular complexity index is 600. The maximum atomic E-state index is 12.3. The van der Waals surface area contributed by atoms with Gasteiger partial charge in [0.05, 0.1) is 5.57 Å². The molecule has 0 fully saturated rings. The molecule has 0 aromatic heterocycles. The fourth-order valence-electron chi connectivity index (χ4n) is 1.91. The van der Waals surface area contributed by atoms with Gasteiger partial charge in [0.2, 0.25) is 0 Å². The van der Waals surface area contributed by atoms with E-state index in [2.05, 4.69) is 5.32 Å². The van der Waals surface area contributed by atoms with Gasteiger partial charge in [0.25, 0.3) is 5.91 Å². The van der Waals surface area contributed by atoms with Gasteiger partial charge in [0.1, 0.15) is 5.60 Å². The molecule has 20 heavy (non-hydrogen) atoms. The van der Waals surface area contributed by atoms with Gasteiger partial charge >= 0.3 is 5.97 Å². The molecule has 5 heteroatoms. The predicted octanol–water partition coefficient (Wildman–Crippen LogP) is 2.81. The van der Waals surface area contributed by atoms with Gasteiger partial charge in [0.15, 0.2) is 0 Å². The lowest BCUT2D eigenvalue weighted by atomic mass is 9.99. The van der Waals surface area contributed by atoms with Gasteiger partial charge < -0.3 is 10.1 Å². The molecule has 1 N–H and O–H groups in total. The van der Waals surface area contributed by atoms with Crippen molar-refractivity contribution in [1.29, 1.82) is 0 Å². The summed E-state index contributed by atoms with van der Waals surface area (Å²) in [5, 5.41) is 3.17. The summed E-state index contributed by atoms with van der Waals surface area (Å²) in [6.45, 7) is 5.67. The summed E-state index contributed by atoms with van der Waals surface area (Å²) in [4.78, 5) is 24.2. The van der Waals surface area contributed by atoms with Crippen molar-refractivity contribution in [2.75, 3.05) is 6.54 Å². The highest BCUT2D eigenvalue weighted by atomic mass is 35.5. The first-order chi connectivity index (χ1) is 9.28. The SMILES string of the molecule is CC(C)(C)OC(=O)C1=CCNC(=O)c2ccc(Cl)cc21. The van der Waals surface area contributed by atoms with Crippen LogP contribution in [0.5, 0.6) is 0 Å². The van der Waals surface area contributed by atoms with Crippen molar-refractivity contribution in [2.45, 2.75) is 26.4 Å². The van der Waals surface area contributed by atoms with Crippen LogP contribution in [0, 0.1) is 0 Å². The Morgan fingerprint density at radius 1 is 1.30 bits per heavy atom. The molecule has 4 nitrogen and oxygen atoms in total. The van der Waals surface area contributed by atoms with Crippen LogP contribution in [-0.2, 0) is 9.53 Å². The van der Waals surface area contributed by atoms with E-state index < -0.39 is 11.6 Å². The van der Waals surface area contributed by atoms with E-state index in [1.165, 1.54) is 0 Å². The van der Waals surface area contributed by atoms with Crippen molar-refractivity contribution >= 4 is 29.1 Å². The fourth-order valence-corrected chi connectivity index (χ4v) is 2.09. The molecule has 0 bridgehead atoms. The van der Waals surface area contributed by atoms with Crippen LogP contribution >= 0.6 is 11.6 Å². The zero-order chi connectivity index (χ0) is 14.9. The first kappa shape index (κ1) is 14.6. The molecule has 0 radical (unpaired) electrons. The van der Waals surface area contributed by atoms with Crippen molar-refractivity contribution in [3.63, 3.8) is 0 Å². The highest BCUT2D eigenvalue weighted by Crippen LogP contribution is 2.27. The van der Waals surface area contributed by atoms with Crippen LogP contribution in [0.2, 0.25) is 5.02 Å². The van der Waals surface area contributed by atoms with Crippen molar-refractivity contribution in [3.8, 4) is 0 Å². The third-order valence-corrected chi connectivity index (χ3v) is 2.94. The maximum Gasteiger partial charge on any atom is 0.339 e. The Kier molecular flexibility index (Phi) is 3.86. The summed E-state index contributed by atoms with van der Waals surface area (Å²) in [5.74, 6) is -0.691. The summed E-state index contributed by atoms with van der Waals surface area (Å²) in [7, 11) is 0. The van der Waals surface area contributed by atoms with Crippen molar-refractivity contribution in [3.05, 3.63) is 40.4 Å². The second-order valence-corrected chi connectivity index (χ2v) is 5.96. The number of hydrogen-bond donors (Lipinski definition) is 1. The quantitative estimate of drug-likeness (QED) is 0.810. The van der Waals surface area contributed by atoms with E-state index in [4.69, 9.17) is 16.3 Å². The van der Waals surface area contributed by atoms with E-state index in [0.717, 1.165) is 0 Å². The number of carbonyl (C=O) groups excluding carboxylic acids is 2. The number of ether oxygens (including phenoxy) is 1. The molecule has 1 aromatic rings. The van der Waals surface area contributed by atoms with Crippen LogP contribution in [0.25, 0.3) is 5.57 Å². The van der Waals surface area contributed by atoms with Crippen molar-refractivity contribution < 1.29 is 14.3 Å². The molecule has 1 aliphatic heterocycles. The van der Waals surface area contributed by atoms with Crippen LogP contribution in [0.15, 0.2) is 24.3 Å². The molecule has 1 aliphatic rings. The number of halogens is 1. The summed E-state index contributed by atoms with van der Waals surface area (Å²) >= 11 is 5.97. The van der Waals surface area contributed by atoms with Gasteiger partial charge in [-0.1, -0.05) is 17.7 Å². The minimum atomic E-state index is -0.597. The van der Waals surface area contributed by atoms with Crippen molar-refractivity contribution in [2.24, 2.45) is 0 Å². The fraction of sp³-hybridized carbons (Fsp3) is 0.333. The molecule has 0 unspecified atom stereocenters. The molecule has 1 aromatic carbocycles. The van der Waals surface area contributed by atoms with Crippen LogP contribution in [0.1, 0.15) is 36.7 Å². The van der Waals surface area contributed by atoms with Crippen LogP contribution < -0.4 is 5.32 Å². The number of nitrogens with one attached hydrogen (secondary N) is 1. The van der Waals surface area contributed by atoms with Gasteiger partial charge in [-0.2, -0.15) is 0 Å². The molecule has 106 valence electrons. The smallest absolute Gasteiger partial charge is 0.339 e. The summed E-state index contributed by atoms with van der Waals surface area (Å²) in [6.07, 6.45) is 1.65. The zero-order valence-electron chi connectivity index (χ0n) is 11.6. The van der Waals surface area contributed by atoms with E-state index in [9.17, 15) is 9.59 Å². The minimum absolute atomic E-state index is 0.230. The third-order valence-electron chi connectivity index (χ3n) is 2.70. The lowest BCUT2D eigenvalue weighted by molar-refractivity contribution is -0.147. The number of esters is 1. The van der Waals surface area contributed by atoms with E-state index >= 15 is 0 Å². The highest BCUT2D eigenvalue weighted by molar-refractivity contribution is 6.31. The van der Waals surface area contributed by atoms with Crippen LogP contribution in [0.3, 0.4) is 0 Å². The topological polar surface area (TPSA) is 55.4 Å². The second-order valence-electron chi connectivity index (χ2n) is 5.52. The molecular weight excluding hydrogens is 278 g/mol. The number of hydrogen-bond acceptors (Lipinski definition) is 3.